The summed E-state index contributed by atoms with van der Waals surface area (Å²) in [7, 11) is 0. The maximum Gasteiger partial charge on any atom is 0.274 e. The van der Waals surface area contributed by atoms with Crippen LogP contribution in [0.15, 0.2) is 58.8 Å². The molecule has 0 atom stereocenters. The maximum absolute atomic E-state index is 10.4. The number of rotatable bonds is 7. The van der Waals surface area contributed by atoms with Gasteiger partial charge in [0, 0.05) is 16.9 Å². The number of aromatic nitrogens is 5. The van der Waals surface area contributed by atoms with Gasteiger partial charge in [-0.2, -0.15) is 14.9 Å². The third kappa shape index (κ3) is 5.82. The van der Waals surface area contributed by atoms with Gasteiger partial charge in [-0.15, -0.1) is 15.3 Å². The summed E-state index contributed by atoms with van der Waals surface area (Å²) in [6.45, 7) is 16.0. The van der Waals surface area contributed by atoms with Crippen LogP contribution in [0, 0.1) is 66.7 Å². The van der Waals surface area contributed by atoms with Crippen LogP contribution in [0.5, 0.6) is 0 Å². The lowest BCUT2D eigenvalue weighted by molar-refractivity contribution is 0.848. The minimum Gasteiger partial charge on any atom is -0.339 e. The molecule has 0 amide bonds. The van der Waals surface area contributed by atoms with Crippen molar-refractivity contribution in [2.75, 3.05) is 10.6 Å². The number of nitriles is 1. The Morgan fingerprint density at radius 3 is 1.91 bits per heavy atom. The highest BCUT2D eigenvalue weighted by Gasteiger charge is 2.21. The van der Waals surface area contributed by atoms with Crippen LogP contribution < -0.4 is 10.6 Å². The van der Waals surface area contributed by atoms with Crippen LogP contribution in [-0.2, 0) is 0 Å². The normalized spacial score (nSPS) is 11.4. The molecule has 46 heavy (non-hydrogen) atoms. The summed E-state index contributed by atoms with van der Waals surface area (Å²) in [4.78, 5) is 14.2. The number of hydrogen-bond acceptors (Lipinski definition) is 10. The molecular formula is C35H34N10S. The zero-order valence-corrected chi connectivity index (χ0v) is 27.9. The first-order chi connectivity index (χ1) is 22.0. The molecule has 0 spiro atoms. The largest absolute Gasteiger partial charge is 0.339 e. The van der Waals surface area contributed by atoms with Gasteiger partial charge in [0.2, 0.25) is 5.13 Å². The fourth-order valence-electron chi connectivity index (χ4n) is 5.76. The van der Waals surface area contributed by atoms with E-state index in [0.29, 0.717) is 39.4 Å². The number of thiazole rings is 1. The van der Waals surface area contributed by atoms with Crippen molar-refractivity contribution in [3.63, 3.8) is 0 Å². The first kappa shape index (κ1) is 30.6. The fraction of sp³-hybridized carbons (Fsp3) is 0.229. The molecular weight excluding hydrogens is 593 g/mol. The maximum atomic E-state index is 10.4. The van der Waals surface area contributed by atoms with Crippen LogP contribution >= 0.6 is 11.3 Å². The molecule has 6 aromatic rings. The van der Waals surface area contributed by atoms with E-state index in [9.17, 15) is 5.26 Å². The summed E-state index contributed by atoms with van der Waals surface area (Å²) < 4.78 is 2.63. The standard InChI is InChI=1S/C35H34N10S/c1-18-13-20(3)29(21(4)14-18)39-32-26(17-36)24(7)31(33(41-32)40-30-22(5)15-19(2)16-23(30)6)42-43-34-37-25(8)44-45(34)35-38-27-11-9-10-12-28(27)46-35/h9-16H,1-8H3,(H2,39,40,41). The van der Waals surface area contributed by atoms with E-state index in [4.69, 9.17) is 9.97 Å². The van der Waals surface area contributed by atoms with E-state index in [1.54, 1.807) is 11.6 Å². The van der Waals surface area contributed by atoms with Crippen molar-refractivity contribution in [1.29, 1.82) is 5.26 Å². The Morgan fingerprint density at radius 1 is 0.739 bits per heavy atom. The van der Waals surface area contributed by atoms with Crippen LogP contribution in [0.25, 0.3) is 15.3 Å². The molecule has 11 heteroatoms. The van der Waals surface area contributed by atoms with Gasteiger partial charge < -0.3 is 10.6 Å². The number of nitrogens with zero attached hydrogens (tertiary/aromatic N) is 8. The molecule has 0 aliphatic rings. The number of benzene rings is 3. The Labute approximate surface area is 271 Å². The molecule has 0 aliphatic carbocycles. The number of hydrogen-bond donors (Lipinski definition) is 2. The summed E-state index contributed by atoms with van der Waals surface area (Å²) >= 11 is 1.50. The van der Waals surface area contributed by atoms with Crippen molar-refractivity contribution < 1.29 is 0 Å². The second-order valence-corrected chi connectivity index (χ2v) is 12.6. The second kappa shape index (κ2) is 12.1. The predicted octanol–water partition coefficient (Wildman–Crippen LogP) is 9.51. The summed E-state index contributed by atoms with van der Waals surface area (Å²) in [5, 5.41) is 31.8. The molecule has 3 aromatic carbocycles. The van der Waals surface area contributed by atoms with Crippen molar-refractivity contribution in [3.05, 3.63) is 98.9 Å². The van der Waals surface area contributed by atoms with E-state index in [1.165, 1.54) is 22.5 Å². The van der Waals surface area contributed by atoms with E-state index in [0.717, 1.165) is 43.8 Å². The number of pyridine rings is 1. The predicted molar refractivity (Wildman–Crippen MR) is 185 cm³/mol. The van der Waals surface area contributed by atoms with Crippen molar-refractivity contribution in [2.24, 2.45) is 10.2 Å². The summed E-state index contributed by atoms with van der Waals surface area (Å²) in [5.74, 6) is 1.71. The fourth-order valence-corrected chi connectivity index (χ4v) is 6.68. The average Bonchev–Trinajstić information content (AvgIpc) is 3.59. The van der Waals surface area contributed by atoms with Gasteiger partial charge in [0.15, 0.2) is 17.5 Å². The van der Waals surface area contributed by atoms with Gasteiger partial charge in [0.05, 0.1) is 15.8 Å². The summed E-state index contributed by atoms with van der Waals surface area (Å²) in [6.07, 6.45) is 0. The molecule has 0 fully saturated rings. The van der Waals surface area contributed by atoms with E-state index in [1.807, 2.05) is 45.0 Å². The van der Waals surface area contributed by atoms with Gasteiger partial charge in [0.1, 0.15) is 11.8 Å². The number of para-hydroxylation sites is 1. The second-order valence-electron chi connectivity index (χ2n) is 11.6. The van der Waals surface area contributed by atoms with E-state index in [-0.39, 0.29) is 5.95 Å². The van der Waals surface area contributed by atoms with Crippen LogP contribution in [0.2, 0.25) is 0 Å². The lowest BCUT2D eigenvalue weighted by Crippen LogP contribution is -2.07. The third-order valence-corrected chi connectivity index (χ3v) is 8.78. The van der Waals surface area contributed by atoms with E-state index in [2.05, 4.69) is 89.0 Å². The Kier molecular flexibility index (Phi) is 8.06. The first-order valence-corrected chi connectivity index (χ1v) is 15.7. The smallest absolute Gasteiger partial charge is 0.274 e. The number of azo groups is 1. The summed E-state index contributed by atoms with van der Waals surface area (Å²) in [6, 6.07) is 18.7. The minimum atomic E-state index is 0.274. The molecule has 0 bridgehead atoms. The van der Waals surface area contributed by atoms with Gasteiger partial charge in [-0.3, -0.25) is 0 Å². The molecule has 0 saturated heterocycles. The molecule has 6 rings (SSSR count). The van der Waals surface area contributed by atoms with E-state index >= 15 is 0 Å². The van der Waals surface area contributed by atoms with Gasteiger partial charge >= 0.3 is 0 Å². The van der Waals surface area contributed by atoms with Crippen LogP contribution in [0.1, 0.15) is 50.3 Å². The SMILES string of the molecule is Cc1cc(C)c(Nc2nc(Nc3c(C)cc(C)cc3C)c(N=Nc3nc(C)nn3-c3nc4ccccc4s3)c(C)c2C#N)c(C)c1. The van der Waals surface area contributed by atoms with Gasteiger partial charge in [-0.25, -0.2) is 9.97 Å². The number of fused-ring (bicyclic) bond motifs is 1. The molecule has 2 N–H and O–H groups in total. The molecule has 0 radical (unpaired) electrons. The Hall–Kier alpha value is -5.47. The van der Waals surface area contributed by atoms with Crippen molar-refractivity contribution in [3.8, 4) is 11.2 Å². The third-order valence-electron chi connectivity index (χ3n) is 7.77. The first-order valence-electron chi connectivity index (χ1n) is 14.9. The molecule has 10 nitrogen and oxygen atoms in total. The average molecular weight is 627 g/mol. The molecule has 0 saturated carbocycles. The van der Waals surface area contributed by atoms with Crippen molar-refractivity contribution in [1.82, 2.24) is 24.7 Å². The quantitative estimate of drug-likeness (QED) is 0.169. The van der Waals surface area contributed by atoms with E-state index < -0.39 is 0 Å². The molecule has 3 aromatic heterocycles. The lowest BCUT2D eigenvalue weighted by atomic mass is 10.0. The van der Waals surface area contributed by atoms with Gasteiger partial charge in [-0.1, -0.05) is 58.9 Å². The van der Waals surface area contributed by atoms with Crippen molar-refractivity contribution >= 4 is 56.2 Å². The lowest BCUT2D eigenvalue weighted by Gasteiger charge is -2.19. The monoisotopic (exact) mass is 626 g/mol. The van der Waals surface area contributed by atoms with Crippen LogP contribution in [0.3, 0.4) is 0 Å². The highest BCUT2D eigenvalue weighted by atomic mass is 32.1. The Bertz CT molecular complexity index is 2140. The highest BCUT2D eigenvalue weighted by molar-refractivity contribution is 7.20. The number of aryl methyl sites for hydroxylation is 7. The van der Waals surface area contributed by atoms with Gasteiger partial charge in [-0.05, 0) is 89.8 Å². The minimum absolute atomic E-state index is 0.274. The molecule has 3 heterocycles. The highest BCUT2D eigenvalue weighted by Crippen LogP contribution is 2.39. The zero-order valence-electron chi connectivity index (χ0n) is 27.1. The Morgan fingerprint density at radius 2 is 1.33 bits per heavy atom. The molecule has 230 valence electrons. The zero-order chi connectivity index (χ0) is 32.7. The van der Waals surface area contributed by atoms with Crippen LogP contribution in [-0.4, -0.2) is 24.7 Å². The summed E-state index contributed by atoms with van der Waals surface area (Å²) in [5.41, 5.74) is 10.7. The number of nitrogens with one attached hydrogen (secondary N) is 2. The molecule has 0 aliphatic heterocycles. The molecule has 0 unspecified atom stereocenters. The van der Waals surface area contributed by atoms with Crippen molar-refractivity contribution in [2.45, 2.75) is 55.4 Å². The number of anilines is 4. The van der Waals surface area contributed by atoms with Gasteiger partial charge in [0.25, 0.3) is 5.95 Å². The Balaban J connectivity index is 1.50. The van der Waals surface area contributed by atoms with Crippen LogP contribution in [0.4, 0.5) is 34.6 Å². The topological polar surface area (TPSA) is 129 Å².